The summed E-state index contributed by atoms with van der Waals surface area (Å²) in [6.45, 7) is 0.0483. The van der Waals surface area contributed by atoms with Crippen LogP contribution in [0.3, 0.4) is 0 Å². The van der Waals surface area contributed by atoms with E-state index in [2.05, 4.69) is 4.74 Å². The third-order valence-corrected chi connectivity index (χ3v) is 1.37. The molecule has 13 heavy (non-hydrogen) atoms. The normalized spacial score (nSPS) is 10.2. The zero-order chi connectivity index (χ0) is 9.84. The van der Waals surface area contributed by atoms with E-state index in [0.717, 1.165) is 6.07 Å². The van der Waals surface area contributed by atoms with Crippen LogP contribution in [0.4, 0.5) is 13.2 Å². The number of ether oxygens (including phenoxy) is 1. The molecule has 0 amide bonds. The van der Waals surface area contributed by atoms with Crippen molar-refractivity contribution in [1.29, 1.82) is 0 Å². The lowest BCUT2D eigenvalue weighted by Gasteiger charge is -2.06. The van der Waals surface area contributed by atoms with Crippen LogP contribution in [0.2, 0.25) is 0 Å². The molecule has 0 spiro atoms. The number of hydrogen-bond donors (Lipinski definition) is 1. The van der Waals surface area contributed by atoms with Crippen LogP contribution in [-0.4, -0.2) is 13.2 Å². The minimum Gasteiger partial charge on any atom is -0.486 e. The van der Waals surface area contributed by atoms with Crippen LogP contribution in [0.25, 0.3) is 0 Å². The quantitative estimate of drug-likeness (QED) is 0.733. The molecule has 1 rings (SSSR count). The fourth-order valence-electron chi connectivity index (χ4n) is 0.802. The van der Waals surface area contributed by atoms with Gasteiger partial charge in [0.05, 0.1) is 0 Å². The van der Waals surface area contributed by atoms with Crippen molar-refractivity contribution in [3.8, 4) is 5.75 Å². The molecule has 0 aliphatic heterocycles. The minimum atomic E-state index is -1.33. The highest BCUT2D eigenvalue weighted by molar-refractivity contribution is 5.27. The predicted octanol–water partition coefficient (Wildman–Crippen LogP) is 1.44. The van der Waals surface area contributed by atoms with Crippen LogP contribution in [0.5, 0.6) is 5.75 Å². The smallest absolute Gasteiger partial charge is 0.203 e. The maximum Gasteiger partial charge on any atom is 0.203 e. The standard InChI is InChI=1S/C8H8F3NO/c9-5-1-2-6(10)8(7(5)11)13-4-3-12/h1-2H,3-4,12H2. The van der Waals surface area contributed by atoms with Crippen LogP contribution in [-0.2, 0) is 0 Å². The Morgan fingerprint density at radius 2 is 1.77 bits per heavy atom. The number of halogens is 3. The molecule has 0 heterocycles. The zero-order valence-electron chi connectivity index (χ0n) is 6.69. The highest BCUT2D eigenvalue weighted by Gasteiger charge is 2.14. The van der Waals surface area contributed by atoms with E-state index in [1.807, 2.05) is 0 Å². The van der Waals surface area contributed by atoms with Gasteiger partial charge in [0.1, 0.15) is 6.61 Å². The SMILES string of the molecule is NCCOc1c(F)ccc(F)c1F. The second kappa shape index (κ2) is 4.13. The van der Waals surface area contributed by atoms with Gasteiger partial charge in [-0.05, 0) is 12.1 Å². The first-order chi connectivity index (χ1) is 6.16. The number of hydrogen-bond acceptors (Lipinski definition) is 2. The maximum atomic E-state index is 12.8. The molecular formula is C8H8F3NO. The van der Waals surface area contributed by atoms with Gasteiger partial charge in [-0.15, -0.1) is 0 Å². The monoisotopic (exact) mass is 191 g/mol. The van der Waals surface area contributed by atoms with E-state index < -0.39 is 23.2 Å². The molecule has 1 aromatic rings. The Labute approximate surface area is 73.1 Å². The summed E-state index contributed by atoms with van der Waals surface area (Å²) in [5.41, 5.74) is 5.05. The van der Waals surface area contributed by atoms with Gasteiger partial charge in [-0.3, -0.25) is 0 Å². The van der Waals surface area contributed by atoms with Gasteiger partial charge >= 0.3 is 0 Å². The molecule has 2 N–H and O–H groups in total. The average Bonchev–Trinajstić information content (AvgIpc) is 2.12. The molecule has 0 bridgehead atoms. The molecule has 0 radical (unpaired) electrons. The number of rotatable bonds is 3. The summed E-state index contributed by atoms with van der Waals surface area (Å²) in [7, 11) is 0. The number of benzene rings is 1. The van der Waals surface area contributed by atoms with Gasteiger partial charge in [0.2, 0.25) is 5.82 Å². The van der Waals surface area contributed by atoms with Crippen molar-refractivity contribution in [3.63, 3.8) is 0 Å². The first kappa shape index (κ1) is 9.85. The molecule has 0 fully saturated rings. The first-order valence-electron chi connectivity index (χ1n) is 3.63. The highest BCUT2D eigenvalue weighted by Crippen LogP contribution is 2.23. The first-order valence-corrected chi connectivity index (χ1v) is 3.63. The average molecular weight is 191 g/mol. The molecule has 0 aliphatic rings. The Hall–Kier alpha value is -1.23. The second-order valence-corrected chi connectivity index (χ2v) is 2.31. The van der Waals surface area contributed by atoms with Crippen LogP contribution < -0.4 is 10.5 Å². The molecule has 5 heteroatoms. The van der Waals surface area contributed by atoms with E-state index in [1.54, 1.807) is 0 Å². The van der Waals surface area contributed by atoms with E-state index in [1.165, 1.54) is 0 Å². The third kappa shape index (κ3) is 2.12. The van der Waals surface area contributed by atoms with Crippen LogP contribution in [0, 0.1) is 17.5 Å². The van der Waals surface area contributed by atoms with Crippen LogP contribution in [0.1, 0.15) is 0 Å². The van der Waals surface area contributed by atoms with Crippen molar-refractivity contribution < 1.29 is 17.9 Å². The largest absolute Gasteiger partial charge is 0.486 e. The minimum absolute atomic E-state index is 0.0582. The zero-order valence-corrected chi connectivity index (χ0v) is 6.69. The van der Waals surface area contributed by atoms with E-state index >= 15 is 0 Å². The van der Waals surface area contributed by atoms with Gasteiger partial charge in [-0.2, -0.15) is 4.39 Å². The van der Waals surface area contributed by atoms with Gasteiger partial charge in [0.25, 0.3) is 0 Å². The fraction of sp³-hybridized carbons (Fsp3) is 0.250. The molecule has 2 nitrogen and oxygen atoms in total. The van der Waals surface area contributed by atoms with Crippen LogP contribution >= 0.6 is 0 Å². The molecule has 0 aliphatic carbocycles. The summed E-state index contributed by atoms with van der Waals surface area (Å²) in [6.07, 6.45) is 0. The Kier molecular flexibility index (Phi) is 3.13. The van der Waals surface area contributed by atoms with Gasteiger partial charge in [0.15, 0.2) is 17.4 Å². The van der Waals surface area contributed by atoms with Gasteiger partial charge < -0.3 is 10.5 Å². The molecule has 0 saturated heterocycles. The second-order valence-electron chi connectivity index (χ2n) is 2.31. The van der Waals surface area contributed by atoms with Gasteiger partial charge in [0, 0.05) is 6.54 Å². The molecule has 0 atom stereocenters. The summed E-state index contributed by atoms with van der Waals surface area (Å²) in [4.78, 5) is 0. The molecule has 1 aromatic carbocycles. The van der Waals surface area contributed by atoms with Crippen molar-refractivity contribution in [3.05, 3.63) is 29.6 Å². The van der Waals surface area contributed by atoms with Crippen LogP contribution in [0.15, 0.2) is 12.1 Å². The molecule has 0 saturated carbocycles. The summed E-state index contributed by atoms with van der Waals surface area (Å²) >= 11 is 0. The number of nitrogens with two attached hydrogens (primary N) is 1. The Morgan fingerprint density at radius 1 is 1.15 bits per heavy atom. The lowest BCUT2D eigenvalue weighted by molar-refractivity contribution is 0.287. The Balaban J connectivity index is 2.96. The lowest BCUT2D eigenvalue weighted by atomic mass is 10.3. The Morgan fingerprint density at radius 3 is 2.38 bits per heavy atom. The van der Waals surface area contributed by atoms with Crippen molar-refractivity contribution in [2.75, 3.05) is 13.2 Å². The lowest BCUT2D eigenvalue weighted by Crippen LogP contribution is -2.12. The van der Waals surface area contributed by atoms with Crippen molar-refractivity contribution in [2.45, 2.75) is 0 Å². The van der Waals surface area contributed by atoms with Gasteiger partial charge in [-0.1, -0.05) is 0 Å². The van der Waals surface area contributed by atoms with Crippen molar-refractivity contribution in [2.24, 2.45) is 5.73 Å². The third-order valence-electron chi connectivity index (χ3n) is 1.37. The highest BCUT2D eigenvalue weighted by atomic mass is 19.2. The summed E-state index contributed by atoms with van der Waals surface area (Å²) in [5.74, 6) is -4.13. The fourth-order valence-corrected chi connectivity index (χ4v) is 0.802. The molecule has 72 valence electrons. The molecule has 0 aromatic heterocycles. The van der Waals surface area contributed by atoms with Crippen molar-refractivity contribution >= 4 is 0 Å². The summed E-state index contributed by atoms with van der Waals surface area (Å²) < 4.78 is 42.7. The predicted molar refractivity (Wildman–Crippen MR) is 40.9 cm³/mol. The maximum absolute atomic E-state index is 12.8. The molecule has 0 unspecified atom stereocenters. The van der Waals surface area contributed by atoms with E-state index in [4.69, 9.17) is 5.73 Å². The van der Waals surface area contributed by atoms with Crippen molar-refractivity contribution in [1.82, 2.24) is 0 Å². The Bertz CT molecular complexity index is 304. The van der Waals surface area contributed by atoms with E-state index in [0.29, 0.717) is 6.07 Å². The molecular weight excluding hydrogens is 183 g/mol. The van der Waals surface area contributed by atoms with E-state index in [9.17, 15) is 13.2 Å². The van der Waals surface area contributed by atoms with Gasteiger partial charge in [-0.25, -0.2) is 8.78 Å². The van der Waals surface area contributed by atoms with E-state index in [-0.39, 0.29) is 13.2 Å². The summed E-state index contributed by atoms with van der Waals surface area (Å²) in [6, 6.07) is 1.49. The summed E-state index contributed by atoms with van der Waals surface area (Å²) in [5, 5.41) is 0. The topological polar surface area (TPSA) is 35.2 Å².